The molecule has 21 heavy (non-hydrogen) atoms. The zero-order valence-electron chi connectivity index (χ0n) is 11.3. The summed E-state index contributed by atoms with van der Waals surface area (Å²) in [5, 5.41) is 12.3. The normalized spacial score (nSPS) is 18.4. The molecule has 0 unspecified atom stereocenters. The number of ether oxygens (including phenoxy) is 1. The smallest absolute Gasteiger partial charge is 0.329 e. The molecule has 1 heterocycles. The van der Waals surface area contributed by atoms with Gasteiger partial charge in [-0.3, -0.25) is 4.79 Å². The second-order valence-electron chi connectivity index (χ2n) is 5.32. The molecule has 0 bridgehead atoms. The summed E-state index contributed by atoms with van der Waals surface area (Å²) in [6, 6.07) is 5.24. The van der Waals surface area contributed by atoms with Crippen LogP contribution in [0, 0.1) is 0 Å². The largest absolute Gasteiger partial charge is 0.490 e. The molecule has 1 amide bonds. The van der Waals surface area contributed by atoms with Crippen molar-refractivity contribution in [1.82, 2.24) is 5.32 Å². The number of benzene rings is 1. The number of carbonyl (C=O) groups is 2. The van der Waals surface area contributed by atoms with E-state index in [1.807, 2.05) is 4.90 Å². The average Bonchev–Trinajstić information content (AvgIpc) is 3.20. The van der Waals surface area contributed by atoms with Crippen molar-refractivity contribution >= 4 is 29.2 Å². The van der Waals surface area contributed by atoms with Gasteiger partial charge in [0.2, 0.25) is 5.91 Å². The first-order chi connectivity index (χ1) is 10.00. The third-order valence-corrected chi connectivity index (χ3v) is 3.99. The van der Waals surface area contributed by atoms with E-state index in [-0.39, 0.29) is 12.5 Å². The summed E-state index contributed by atoms with van der Waals surface area (Å²) < 4.78 is 5.52. The van der Waals surface area contributed by atoms with Crippen LogP contribution in [0.25, 0.3) is 0 Å². The molecular formula is C14H15ClN2O4. The lowest BCUT2D eigenvalue weighted by atomic mass is 10.2. The highest BCUT2D eigenvalue weighted by molar-refractivity contribution is 6.31. The maximum atomic E-state index is 12.1. The molecule has 0 atom stereocenters. The SMILES string of the molecule is O=C(CN1CCOc2ccc(Cl)cc21)NC1(C(=O)O)CC1. The predicted octanol–water partition coefficient (Wildman–Crippen LogP) is 1.27. The molecule has 0 saturated heterocycles. The molecule has 2 aliphatic rings. The van der Waals surface area contributed by atoms with Gasteiger partial charge in [0.25, 0.3) is 0 Å². The number of nitrogens with zero attached hydrogens (tertiary/aromatic N) is 1. The number of aliphatic carboxylic acids is 1. The highest BCUT2D eigenvalue weighted by atomic mass is 35.5. The van der Waals surface area contributed by atoms with Crippen LogP contribution in [0.15, 0.2) is 18.2 Å². The molecular weight excluding hydrogens is 296 g/mol. The number of fused-ring (bicyclic) bond motifs is 1. The van der Waals surface area contributed by atoms with Crippen molar-refractivity contribution in [3.05, 3.63) is 23.2 Å². The number of halogens is 1. The van der Waals surface area contributed by atoms with E-state index in [0.29, 0.717) is 36.8 Å². The van der Waals surface area contributed by atoms with Gasteiger partial charge in [-0.2, -0.15) is 0 Å². The number of nitrogens with one attached hydrogen (secondary N) is 1. The minimum Gasteiger partial charge on any atom is -0.490 e. The fourth-order valence-electron chi connectivity index (χ4n) is 2.41. The zero-order valence-corrected chi connectivity index (χ0v) is 12.0. The third-order valence-electron chi connectivity index (χ3n) is 3.75. The minimum absolute atomic E-state index is 0.0890. The average molecular weight is 311 g/mol. The molecule has 1 aromatic carbocycles. The minimum atomic E-state index is -1.06. The van der Waals surface area contributed by atoms with Gasteiger partial charge in [0, 0.05) is 5.02 Å². The second-order valence-corrected chi connectivity index (χ2v) is 5.75. The second kappa shape index (κ2) is 5.11. The summed E-state index contributed by atoms with van der Waals surface area (Å²) in [7, 11) is 0. The number of amides is 1. The summed E-state index contributed by atoms with van der Waals surface area (Å²) in [4.78, 5) is 25.0. The molecule has 0 aromatic heterocycles. The van der Waals surface area contributed by atoms with Gasteiger partial charge >= 0.3 is 5.97 Å². The van der Waals surface area contributed by atoms with E-state index < -0.39 is 11.5 Å². The number of carboxylic acid groups (broad SMARTS) is 1. The van der Waals surface area contributed by atoms with E-state index >= 15 is 0 Å². The molecule has 1 fully saturated rings. The Labute approximate surface area is 126 Å². The van der Waals surface area contributed by atoms with Crippen LogP contribution in [0.5, 0.6) is 5.75 Å². The lowest BCUT2D eigenvalue weighted by Crippen LogP contribution is -2.48. The Morgan fingerprint density at radius 3 is 2.86 bits per heavy atom. The number of rotatable bonds is 4. The van der Waals surface area contributed by atoms with Crippen LogP contribution in [0.1, 0.15) is 12.8 Å². The van der Waals surface area contributed by atoms with E-state index in [4.69, 9.17) is 21.4 Å². The van der Waals surface area contributed by atoms with Gasteiger partial charge in [-0.05, 0) is 31.0 Å². The summed E-state index contributed by atoms with van der Waals surface area (Å²) in [6.07, 6.45) is 0.971. The zero-order chi connectivity index (χ0) is 15.0. The Kier molecular flexibility index (Phi) is 3.41. The van der Waals surface area contributed by atoms with E-state index in [1.54, 1.807) is 18.2 Å². The monoisotopic (exact) mass is 310 g/mol. The Hall–Kier alpha value is -1.95. The van der Waals surface area contributed by atoms with Crippen molar-refractivity contribution in [1.29, 1.82) is 0 Å². The Balaban J connectivity index is 1.70. The van der Waals surface area contributed by atoms with E-state index in [9.17, 15) is 9.59 Å². The number of carbonyl (C=O) groups excluding carboxylic acids is 1. The number of carboxylic acids is 1. The predicted molar refractivity (Wildman–Crippen MR) is 76.9 cm³/mol. The van der Waals surface area contributed by atoms with Crippen LogP contribution in [-0.2, 0) is 9.59 Å². The van der Waals surface area contributed by atoms with E-state index in [0.717, 1.165) is 5.69 Å². The highest BCUT2D eigenvalue weighted by Crippen LogP contribution is 2.36. The molecule has 0 radical (unpaired) electrons. The number of hydrogen-bond donors (Lipinski definition) is 2. The lowest BCUT2D eigenvalue weighted by Gasteiger charge is -2.31. The van der Waals surface area contributed by atoms with Crippen LogP contribution >= 0.6 is 11.6 Å². The summed E-state index contributed by atoms with van der Waals surface area (Å²) in [5.41, 5.74) is -0.301. The molecule has 7 heteroatoms. The maximum absolute atomic E-state index is 12.1. The lowest BCUT2D eigenvalue weighted by molar-refractivity contribution is -0.142. The third kappa shape index (κ3) is 2.76. The summed E-state index contributed by atoms with van der Waals surface area (Å²) in [6.45, 7) is 1.12. The molecule has 0 spiro atoms. The first-order valence-corrected chi connectivity index (χ1v) is 7.10. The van der Waals surface area contributed by atoms with Gasteiger partial charge in [0.15, 0.2) is 0 Å². The molecule has 6 nitrogen and oxygen atoms in total. The molecule has 1 aliphatic carbocycles. The van der Waals surface area contributed by atoms with Gasteiger partial charge in [-0.25, -0.2) is 4.79 Å². The fraction of sp³-hybridized carbons (Fsp3) is 0.429. The standard InChI is InChI=1S/C14H15ClN2O4/c15-9-1-2-11-10(7-9)17(5-6-21-11)8-12(18)16-14(3-4-14)13(19)20/h1-2,7H,3-6,8H2,(H,16,18)(H,19,20). The van der Waals surface area contributed by atoms with E-state index in [2.05, 4.69) is 5.32 Å². The topological polar surface area (TPSA) is 78.9 Å². The van der Waals surface area contributed by atoms with Gasteiger partial charge in [0.1, 0.15) is 17.9 Å². The van der Waals surface area contributed by atoms with Crippen LogP contribution in [0.2, 0.25) is 5.02 Å². The van der Waals surface area contributed by atoms with Crippen molar-refractivity contribution < 1.29 is 19.4 Å². The van der Waals surface area contributed by atoms with Crippen molar-refractivity contribution in [2.75, 3.05) is 24.6 Å². The number of anilines is 1. The van der Waals surface area contributed by atoms with Gasteiger partial charge in [-0.1, -0.05) is 11.6 Å². The molecule has 112 valence electrons. The van der Waals surface area contributed by atoms with Crippen molar-refractivity contribution in [2.24, 2.45) is 0 Å². The summed E-state index contributed by atoms with van der Waals surface area (Å²) >= 11 is 5.98. The quantitative estimate of drug-likeness (QED) is 0.875. The van der Waals surface area contributed by atoms with Gasteiger partial charge < -0.3 is 20.1 Å². The van der Waals surface area contributed by atoms with Gasteiger partial charge in [-0.15, -0.1) is 0 Å². The van der Waals surface area contributed by atoms with Gasteiger partial charge in [0.05, 0.1) is 18.8 Å². The van der Waals surface area contributed by atoms with Crippen LogP contribution in [0.4, 0.5) is 5.69 Å². The van der Waals surface area contributed by atoms with Crippen molar-refractivity contribution in [2.45, 2.75) is 18.4 Å². The van der Waals surface area contributed by atoms with E-state index in [1.165, 1.54) is 0 Å². The highest BCUT2D eigenvalue weighted by Gasteiger charge is 2.51. The fourth-order valence-corrected chi connectivity index (χ4v) is 2.57. The summed E-state index contributed by atoms with van der Waals surface area (Å²) in [5.74, 6) is -0.596. The van der Waals surface area contributed by atoms with Crippen LogP contribution in [-0.4, -0.2) is 42.2 Å². The number of hydrogen-bond acceptors (Lipinski definition) is 4. The Bertz CT molecular complexity index is 601. The van der Waals surface area contributed by atoms with Crippen molar-refractivity contribution in [3.8, 4) is 5.75 Å². The molecule has 1 saturated carbocycles. The van der Waals surface area contributed by atoms with Crippen LogP contribution in [0.3, 0.4) is 0 Å². The molecule has 1 aliphatic heterocycles. The first-order valence-electron chi connectivity index (χ1n) is 6.72. The molecule has 1 aromatic rings. The first kappa shape index (κ1) is 14.0. The van der Waals surface area contributed by atoms with Crippen LogP contribution < -0.4 is 15.0 Å². The Morgan fingerprint density at radius 2 is 2.19 bits per heavy atom. The molecule has 3 rings (SSSR count). The van der Waals surface area contributed by atoms with Crippen molar-refractivity contribution in [3.63, 3.8) is 0 Å². The maximum Gasteiger partial charge on any atom is 0.329 e. The Morgan fingerprint density at radius 1 is 1.43 bits per heavy atom. The molecule has 2 N–H and O–H groups in total.